The van der Waals surface area contributed by atoms with Crippen molar-refractivity contribution in [1.82, 2.24) is 5.32 Å². The largest absolute Gasteiger partial charge is 0.306 e. The summed E-state index contributed by atoms with van der Waals surface area (Å²) < 4.78 is 15.2. The van der Waals surface area contributed by atoms with Crippen LogP contribution in [0.1, 0.15) is 24.1 Å². The molecule has 0 aliphatic heterocycles. The molecule has 4 heteroatoms. The lowest BCUT2D eigenvalue weighted by atomic mass is 9.98. The fourth-order valence-corrected chi connectivity index (χ4v) is 2.52. The van der Waals surface area contributed by atoms with E-state index >= 15 is 0 Å². The molecule has 0 aliphatic carbocycles. The summed E-state index contributed by atoms with van der Waals surface area (Å²) in [7, 11) is 0. The molecule has 0 amide bonds. The fraction of sp³-hybridized carbons (Fsp3) is 0.200. The number of rotatable bonds is 4. The normalized spacial score (nSPS) is 12.4. The van der Waals surface area contributed by atoms with Crippen LogP contribution in [0, 0.1) is 9.39 Å². The second kappa shape index (κ2) is 6.68. The van der Waals surface area contributed by atoms with Crippen molar-refractivity contribution in [3.63, 3.8) is 0 Å². The molecule has 0 saturated heterocycles. The quantitative estimate of drug-likeness (QED) is 0.742. The van der Waals surface area contributed by atoms with Crippen molar-refractivity contribution in [1.29, 1.82) is 0 Å². The molecule has 0 spiro atoms. The molecule has 0 heterocycles. The first-order chi connectivity index (χ1) is 9.11. The monoisotopic (exact) mass is 389 g/mol. The smallest absolute Gasteiger partial charge is 0.129 e. The Morgan fingerprint density at radius 3 is 2.47 bits per heavy atom. The summed E-state index contributed by atoms with van der Waals surface area (Å²) in [5.41, 5.74) is 1.66. The van der Waals surface area contributed by atoms with Gasteiger partial charge in [0.15, 0.2) is 0 Å². The lowest BCUT2D eigenvalue weighted by molar-refractivity contribution is 0.559. The van der Waals surface area contributed by atoms with Crippen LogP contribution in [0.25, 0.3) is 0 Å². The molecule has 0 fully saturated rings. The minimum absolute atomic E-state index is 0.153. The number of benzene rings is 2. The molecule has 19 heavy (non-hydrogen) atoms. The van der Waals surface area contributed by atoms with Crippen LogP contribution in [0.15, 0.2) is 42.5 Å². The third-order valence-corrected chi connectivity index (χ3v) is 3.84. The van der Waals surface area contributed by atoms with Crippen LogP contribution in [-0.4, -0.2) is 6.54 Å². The highest BCUT2D eigenvalue weighted by molar-refractivity contribution is 14.1. The van der Waals surface area contributed by atoms with Crippen molar-refractivity contribution in [3.05, 3.63) is 68.0 Å². The molecule has 1 N–H and O–H groups in total. The lowest BCUT2D eigenvalue weighted by Gasteiger charge is -2.19. The summed E-state index contributed by atoms with van der Waals surface area (Å²) in [4.78, 5) is 0. The van der Waals surface area contributed by atoms with Crippen LogP contribution in [0.3, 0.4) is 0 Å². The van der Waals surface area contributed by atoms with Gasteiger partial charge in [-0.3, -0.25) is 0 Å². The third-order valence-electron chi connectivity index (χ3n) is 2.89. The zero-order chi connectivity index (χ0) is 13.8. The topological polar surface area (TPSA) is 12.0 Å². The van der Waals surface area contributed by atoms with Crippen LogP contribution < -0.4 is 5.32 Å². The van der Waals surface area contributed by atoms with Gasteiger partial charge >= 0.3 is 0 Å². The number of halogens is 3. The second-order valence-corrected chi connectivity index (χ2v) is 5.89. The SMILES string of the molecule is CCNC(c1ccc(I)cc1)c1ccc(Cl)cc1F. The van der Waals surface area contributed by atoms with E-state index in [0.717, 1.165) is 15.7 Å². The van der Waals surface area contributed by atoms with Crippen LogP contribution >= 0.6 is 34.2 Å². The van der Waals surface area contributed by atoms with Gasteiger partial charge in [-0.15, -0.1) is 0 Å². The number of nitrogens with one attached hydrogen (secondary N) is 1. The summed E-state index contributed by atoms with van der Waals surface area (Å²) in [5, 5.41) is 3.73. The summed E-state index contributed by atoms with van der Waals surface area (Å²) in [6.07, 6.45) is 0. The number of hydrogen-bond donors (Lipinski definition) is 1. The highest BCUT2D eigenvalue weighted by atomic mass is 127. The van der Waals surface area contributed by atoms with Gasteiger partial charge in [-0.1, -0.05) is 36.7 Å². The van der Waals surface area contributed by atoms with Gasteiger partial charge in [-0.05, 0) is 59.0 Å². The molecule has 2 aromatic carbocycles. The Hall–Kier alpha value is -0.650. The van der Waals surface area contributed by atoms with Crippen molar-refractivity contribution < 1.29 is 4.39 Å². The van der Waals surface area contributed by atoms with Crippen LogP contribution in [0.4, 0.5) is 4.39 Å². The first-order valence-corrected chi connectivity index (χ1v) is 7.51. The van der Waals surface area contributed by atoms with Crippen LogP contribution in [0.5, 0.6) is 0 Å². The van der Waals surface area contributed by atoms with Gasteiger partial charge in [0.1, 0.15) is 5.82 Å². The van der Waals surface area contributed by atoms with Crippen molar-refractivity contribution in [2.75, 3.05) is 6.54 Å². The molecule has 0 aromatic heterocycles. The average molecular weight is 390 g/mol. The highest BCUT2D eigenvalue weighted by Gasteiger charge is 2.17. The number of hydrogen-bond acceptors (Lipinski definition) is 1. The maximum atomic E-state index is 14.1. The molecule has 100 valence electrons. The Morgan fingerprint density at radius 2 is 1.89 bits per heavy atom. The standard InChI is InChI=1S/C15H14ClFIN/c1-2-19-15(10-3-6-12(18)7-4-10)13-8-5-11(16)9-14(13)17/h3-9,15,19H,2H2,1H3. The van der Waals surface area contributed by atoms with Crippen molar-refractivity contribution in [2.24, 2.45) is 0 Å². The zero-order valence-electron chi connectivity index (χ0n) is 10.5. The molecule has 1 nitrogen and oxygen atoms in total. The van der Waals surface area contributed by atoms with Crippen molar-refractivity contribution >= 4 is 34.2 Å². The maximum absolute atomic E-state index is 14.1. The zero-order valence-corrected chi connectivity index (χ0v) is 13.4. The van der Waals surface area contributed by atoms with E-state index in [9.17, 15) is 4.39 Å². The van der Waals surface area contributed by atoms with Gasteiger partial charge in [0, 0.05) is 14.2 Å². The fourth-order valence-electron chi connectivity index (χ4n) is 2.00. The predicted molar refractivity (Wildman–Crippen MR) is 86.1 cm³/mol. The molecular weight excluding hydrogens is 376 g/mol. The van der Waals surface area contributed by atoms with E-state index in [2.05, 4.69) is 27.9 Å². The predicted octanol–water partition coefficient (Wildman–Crippen LogP) is 4.78. The molecular formula is C15H14ClFIN. The first kappa shape index (κ1) is 14.8. The van der Waals surface area contributed by atoms with E-state index in [4.69, 9.17) is 11.6 Å². The minimum Gasteiger partial charge on any atom is -0.306 e. The van der Waals surface area contributed by atoms with Crippen LogP contribution in [0.2, 0.25) is 5.02 Å². The average Bonchev–Trinajstić information content (AvgIpc) is 2.38. The Labute approximate surface area is 131 Å². The van der Waals surface area contributed by atoms with Gasteiger partial charge in [0.2, 0.25) is 0 Å². The Bertz CT molecular complexity index is 557. The van der Waals surface area contributed by atoms with E-state index < -0.39 is 0 Å². The van der Waals surface area contributed by atoms with Gasteiger partial charge < -0.3 is 5.32 Å². The molecule has 0 saturated carbocycles. The maximum Gasteiger partial charge on any atom is 0.129 e. The Morgan fingerprint density at radius 1 is 1.21 bits per heavy atom. The summed E-state index contributed by atoms with van der Waals surface area (Å²) >= 11 is 8.06. The van der Waals surface area contributed by atoms with Crippen LogP contribution in [-0.2, 0) is 0 Å². The first-order valence-electron chi connectivity index (χ1n) is 6.05. The molecule has 0 bridgehead atoms. The van der Waals surface area contributed by atoms with E-state index in [-0.39, 0.29) is 11.9 Å². The van der Waals surface area contributed by atoms with E-state index in [1.807, 2.05) is 31.2 Å². The van der Waals surface area contributed by atoms with Crippen molar-refractivity contribution in [3.8, 4) is 0 Å². The second-order valence-electron chi connectivity index (χ2n) is 4.21. The summed E-state index contributed by atoms with van der Waals surface area (Å²) in [6, 6.07) is 12.7. The third kappa shape index (κ3) is 3.68. The molecule has 2 rings (SSSR count). The van der Waals surface area contributed by atoms with Crippen molar-refractivity contribution in [2.45, 2.75) is 13.0 Å². The molecule has 0 aliphatic rings. The molecule has 0 radical (unpaired) electrons. The molecule has 1 unspecified atom stereocenters. The molecule has 1 atom stereocenters. The van der Waals surface area contributed by atoms with Gasteiger partial charge in [-0.25, -0.2) is 4.39 Å². The van der Waals surface area contributed by atoms with E-state index in [1.54, 1.807) is 12.1 Å². The van der Waals surface area contributed by atoms with Gasteiger partial charge in [0.05, 0.1) is 6.04 Å². The summed E-state index contributed by atoms with van der Waals surface area (Å²) in [5.74, 6) is -0.281. The lowest BCUT2D eigenvalue weighted by Crippen LogP contribution is -2.23. The van der Waals surface area contributed by atoms with Gasteiger partial charge in [-0.2, -0.15) is 0 Å². The van der Waals surface area contributed by atoms with Gasteiger partial charge in [0.25, 0.3) is 0 Å². The Kier molecular flexibility index (Phi) is 5.19. The van der Waals surface area contributed by atoms with E-state index in [0.29, 0.717) is 10.6 Å². The Balaban J connectivity index is 2.41. The minimum atomic E-state index is -0.281. The highest BCUT2D eigenvalue weighted by Crippen LogP contribution is 2.26. The molecule has 2 aromatic rings. The summed E-state index contributed by atoms with van der Waals surface area (Å²) in [6.45, 7) is 2.77. The van der Waals surface area contributed by atoms with E-state index in [1.165, 1.54) is 6.07 Å².